The quantitative estimate of drug-likeness (QED) is 0.456. The smallest absolute Gasteiger partial charge is 0.0869 e. The SMILES string of the molecule is BrC1(Br)[C@@H]2C[C@]34C=C[C@@]3(CC=CC4)C[C@H]21. The number of rotatable bonds is 0. The summed E-state index contributed by atoms with van der Waals surface area (Å²) in [5.41, 5.74) is 1.07. The second-order valence-electron chi connectivity index (χ2n) is 5.82. The summed E-state index contributed by atoms with van der Waals surface area (Å²) >= 11 is 7.72. The summed E-state index contributed by atoms with van der Waals surface area (Å²) in [6.45, 7) is 0. The summed E-state index contributed by atoms with van der Waals surface area (Å²) in [5.74, 6) is 1.73. The number of hydrogen-bond acceptors (Lipinski definition) is 0. The van der Waals surface area contributed by atoms with Crippen molar-refractivity contribution in [1.29, 1.82) is 0 Å². The van der Waals surface area contributed by atoms with Crippen LogP contribution in [0.2, 0.25) is 0 Å². The van der Waals surface area contributed by atoms with Gasteiger partial charge in [0.1, 0.15) is 0 Å². The minimum atomic E-state index is 0.281. The molecule has 4 aliphatic rings. The van der Waals surface area contributed by atoms with Crippen LogP contribution >= 0.6 is 31.9 Å². The first-order chi connectivity index (χ1) is 7.10. The minimum Gasteiger partial charge on any atom is -0.0876 e. The molecular weight excluding hydrogens is 316 g/mol. The van der Waals surface area contributed by atoms with E-state index in [-0.39, 0.29) is 3.23 Å². The van der Waals surface area contributed by atoms with Gasteiger partial charge < -0.3 is 0 Å². The molecule has 0 amide bonds. The van der Waals surface area contributed by atoms with Crippen molar-refractivity contribution < 1.29 is 0 Å². The topological polar surface area (TPSA) is 0 Å². The number of allylic oxidation sites excluding steroid dienone is 4. The van der Waals surface area contributed by atoms with E-state index in [1.165, 1.54) is 25.7 Å². The van der Waals surface area contributed by atoms with Crippen molar-refractivity contribution in [3.63, 3.8) is 0 Å². The molecule has 2 saturated carbocycles. The van der Waals surface area contributed by atoms with Crippen LogP contribution in [0.4, 0.5) is 0 Å². The van der Waals surface area contributed by atoms with Crippen molar-refractivity contribution in [3.8, 4) is 0 Å². The molecule has 0 nitrogen and oxygen atoms in total. The van der Waals surface area contributed by atoms with E-state index in [2.05, 4.69) is 56.2 Å². The van der Waals surface area contributed by atoms with E-state index in [0.717, 1.165) is 11.8 Å². The average Bonchev–Trinajstić information content (AvgIpc) is 2.69. The molecule has 4 rings (SSSR count). The number of hydrogen-bond donors (Lipinski definition) is 0. The van der Waals surface area contributed by atoms with E-state index < -0.39 is 0 Å². The molecule has 80 valence electrons. The van der Waals surface area contributed by atoms with E-state index in [1.807, 2.05) is 0 Å². The fourth-order valence-corrected chi connectivity index (χ4v) is 5.86. The largest absolute Gasteiger partial charge is 0.0876 e. The Kier molecular flexibility index (Phi) is 1.56. The van der Waals surface area contributed by atoms with Gasteiger partial charge in [-0.2, -0.15) is 0 Å². The van der Waals surface area contributed by atoms with E-state index in [1.54, 1.807) is 0 Å². The summed E-state index contributed by atoms with van der Waals surface area (Å²) < 4.78 is 0.281. The highest BCUT2D eigenvalue weighted by atomic mass is 79.9. The van der Waals surface area contributed by atoms with Crippen LogP contribution in [0.1, 0.15) is 25.7 Å². The lowest BCUT2D eigenvalue weighted by Gasteiger charge is -2.58. The Balaban J connectivity index is 1.77. The molecule has 0 bridgehead atoms. The monoisotopic (exact) mass is 328 g/mol. The van der Waals surface area contributed by atoms with Gasteiger partial charge in [0, 0.05) is 10.8 Å². The van der Waals surface area contributed by atoms with Crippen LogP contribution in [0.25, 0.3) is 0 Å². The Labute approximate surface area is 107 Å². The van der Waals surface area contributed by atoms with Crippen molar-refractivity contribution in [2.75, 3.05) is 0 Å². The minimum absolute atomic E-state index is 0.281. The molecule has 0 aromatic rings. The van der Waals surface area contributed by atoms with Gasteiger partial charge in [0.05, 0.1) is 3.23 Å². The lowest BCUT2D eigenvalue weighted by Crippen LogP contribution is -2.49. The first-order valence-electron chi connectivity index (χ1n) is 5.83. The number of halogens is 2. The maximum Gasteiger partial charge on any atom is 0.0869 e. The molecule has 15 heavy (non-hydrogen) atoms. The van der Waals surface area contributed by atoms with Crippen LogP contribution in [0.15, 0.2) is 24.3 Å². The molecule has 0 saturated heterocycles. The normalized spacial score (nSPS) is 57.5. The van der Waals surface area contributed by atoms with Crippen molar-refractivity contribution >= 4 is 31.9 Å². The molecule has 4 aliphatic carbocycles. The van der Waals surface area contributed by atoms with E-state index in [0.29, 0.717) is 10.8 Å². The van der Waals surface area contributed by atoms with Crippen molar-refractivity contribution in [3.05, 3.63) is 24.3 Å². The zero-order valence-corrected chi connectivity index (χ0v) is 11.7. The van der Waals surface area contributed by atoms with E-state index in [9.17, 15) is 0 Å². The maximum atomic E-state index is 3.86. The summed E-state index contributed by atoms with van der Waals surface area (Å²) in [6, 6.07) is 0. The predicted molar refractivity (Wildman–Crippen MR) is 69.2 cm³/mol. The maximum absolute atomic E-state index is 3.86. The van der Waals surface area contributed by atoms with Crippen molar-refractivity contribution in [2.24, 2.45) is 22.7 Å². The second-order valence-corrected chi connectivity index (χ2v) is 9.51. The third kappa shape index (κ3) is 0.914. The van der Waals surface area contributed by atoms with Crippen LogP contribution in [-0.4, -0.2) is 3.23 Å². The molecular formula is C13H14Br2. The first kappa shape index (κ1) is 9.47. The molecule has 0 spiro atoms. The van der Waals surface area contributed by atoms with Crippen LogP contribution in [0.5, 0.6) is 0 Å². The zero-order valence-electron chi connectivity index (χ0n) is 8.55. The van der Waals surface area contributed by atoms with E-state index in [4.69, 9.17) is 0 Å². The highest BCUT2D eigenvalue weighted by Gasteiger charge is 2.72. The molecule has 0 aromatic heterocycles. The van der Waals surface area contributed by atoms with Gasteiger partial charge in [-0.05, 0) is 37.5 Å². The number of fused-ring (bicyclic) bond motifs is 1. The number of alkyl halides is 2. The summed E-state index contributed by atoms with van der Waals surface area (Å²) in [5, 5.41) is 0. The van der Waals surface area contributed by atoms with Crippen LogP contribution in [-0.2, 0) is 0 Å². The van der Waals surface area contributed by atoms with Crippen LogP contribution in [0.3, 0.4) is 0 Å². The van der Waals surface area contributed by atoms with Gasteiger partial charge >= 0.3 is 0 Å². The molecule has 0 N–H and O–H groups in total. The third-order valence-corrected chi connectivity index (χ3v) is 7.73. The van der Waals surface area contributed by atoms with Gasteiger partial charge in [-0.1, -0.05) is 56.2 Å². The molecule has 2 fully saturated rings. The van der Waals surface area contributed by atoms with E-state index >= 15 is 0 Å². The molecule has 0 aliphatic heterocycles. The van der Waals surface area contributed by atoms with Gasteiger partial charge in [0.15, 0.2) is 0 Å². The molecule has 0 heterocycles. The fourth-order valence-electron chi connectivity index (χ4n) is 4.20. The summed E-state index contributed by atoms with van der Waals surface area (Å²) in [6.07, 6.45) is 15.1. The molecule has 0 aromatic carbocycles. The van der Waals surface area contributed by atoms with Gasteiger partial charge in [-0.25, -0.2) is 0 Å². The van der Waals surface area contributed by atoms with Crippen LogP contribution in [0, 0.1) is 22.7 Å². The fraction of sp³-hybridized carbons (Fsp3) is 0.692. The van der Waals surface area contributed by atoms with Gasteiger partial charge in [-0.15, -0.1) is 0 Å². The van der Waals surface area contributed by atoms with Crippen LogP contribution < -0.4 is 0 Å². The second kappa shape index (κ2) is 2.48. The Hall–Kier alpha value is 0.440. The Bertz CT molecular complexity index is 361. The molecule has 2 heteroatoms. The molecule has 0 radical (unpaired) electrons. The van der Waals surface area contributed by atoms with Gasteiger partial charge in [0.25, 0.3) is 0 Å². The van der Waals surface area contributed by atoms with Crippen molar-refractivity contribution in [2.45, 2.75) is 28.9 Å². The highest BCUT2D eigenvalue weighted by molar-refractivity contribution is 9.25. The van der Waals surface area contributed by atoms with Gasteiger partial charge in [0.2, 0.25) is 0 Å². The van der Waals surface area contributed by atoms with Gasteiger partial charge in [-0.3, -0.25) is 0 Å². The molecule has 4 atom stereocenters. The third-order valence-electron chi connectivity index (χ3n) is 5.38. The Morgan fingerprint density at radius 2 is 1.33 bits per heavy atom. The predicted octanol–water partition coefficient (Wildman–Crippen LogP) is 4.40. The summed E-state index contributed by atoms with van der Waals surface area (Å²) in [7, 11) is 0. The lowest BCUT2D eigenvalue weighted by molar-refractivity contribution is 0.0323. The Morgan fingerprint density at radius 1 is 0.867 bits per heavy atom. The lowest BCUT2D eigenvalue weighted by atomic mass is 9.45. The molecule has 0 unspecified atom stereocenters. The first-order valence-corrected chi connectivity index (χ1v) is 7.42. The highest BCUT2D eigenvalue weighted by Crippen LogP contribution is 2.78. The zero-order chi connectivity index (χ0) is 10.3. The van der Waals surface area contributed by atoms with Crippen molar-refractivity contribution in [1.82, 2.24) is 0 Å². The Morgan fingerprint density at radius 3 is 1.73 bits per heavy atom. The standard InChI is InChI=1S/C13H14Br2/c14-13(15)9-7-11-3-1-2-4-12(11,6-5-11)8-10(9)13/h1-2,5-6,9-10H,3-4,7-8H2/t9-,10-,11+,12+/m1/s1. The summed E-state index contributed by atoms with van der Waals surface area (Å²) in [4.78, 5) is 0. The average molecular weight is 330 g/mol.